The molecule has 4 nitrogen and oxygen atoms in total. The van der Waals surface area contributed by atoms with Gasteiger partial charge < -0.3 is 14.6 Å². The van der Waals surface area contributed by atoms with E-state index in [9.17, 15) is 9.90 Å². The van der Waals surface area contributed by atoms with Crippen LogP contribution in [0.15, 0.2) is 24.3 Å². The smallest absolute Gasteiger partial charge is 0.330 e. The van der Waals surface area contributed by atoms with Gasteiger partial charge in [-0.05, 0) is 18.2 Å². The minimum Gasteiger partial charge on any atom is -0.508 e. The Balaban J connectivity index is 2.94. The van der Waals surface area contributed by atoms with Crippen LogP contribution in [0.3, 0.4) is 0 Å². The van der Waals surface area contributed by atoms with Gasteiger partial charge in [-0.25, -0.2) is 4.79 Å². The van der Waals surface area contributed by atoms with Crippen molar-refractivity contribution < 1.29 is 19.4 Å². The van der Waals surface area contributed by atoms with Crippen molar-refractivity contribution in [1.82, 2.24) is 0 Å². The Morgan fingerprint density at radius 1 is 1.40 bits per heavy atom. The van der Waals surface area contributed by atoms with Gasteiger partial charge in [0, 0.05) is 17.7 Å². The van der Waals surface area contributed by atoms with Crippen LogP contribution < -0.4 is 4.74 Å². The third-order valence-electron chi connectivity index (χ3n) is 1.82. The number of hydrogen-bond donors (Lipinski definition) is 1. The highest BCUT2D eigenvalue weighted by Crippen LogP contribution is 2.24. The molecular formula is C11H12O4. The van der Waals surface area contributed by atoms with E-state index in [1.165, 1.54) is 32.4 Å². The van der Waals surface area contributed by atoms with Gasteiger partial charge in [0.15, 0.2) is 0 Å². The van der Waals surface area contributed by atoms with Gasteiger partial charge in [0.05, 0.1) is 14.2 Å². The molecule has 0 fully saturated rings. The molecule has 1 aromatic rings. The zero-order valence-electron chi connectivity index (χ0n) is 8.56. The monoisotopic (exact) mass is 208 g/mol. The summed E-state index contributed by atoms with van der Waals surface area (Å²) in [4.78, 5) is 10.9. The fourth-order valence-corrected chi connectivity index (χ4v) is 1.06. The lowest BCUT2D eigenvalue weighted by Crippen LogP contribution is -1.94. The van der Waals surface area contributed by atoms with Gasteiger partial charge in [-0.2, -0.15) is 0 Å². The predicted molar refractivity (Wildman–Crippen MR) is 55.7 cm³/mol. The van der Waals surface area contributed by atoms with Gasteiger partial charge in [-0.15, -0.1) is 0 Å². The summed E-state index contributed by atoms with van der Waals surface area (Å²) < 4.78 is 9.48. The van der Waals surface area contributed by atoms with Crippen molar-refractivity contribution in [3.63, 3.8) is 0 Å². The van der Waals surface area contributed by atoms with E-state index >= 15 is 0 Å². The van der Waals surface area contributed by atoms with Crippen LogP contribution >= 0.6 is 0 Å². The first-order chi connectivity index (χ1) is 7.17. The molecule has 0 aliphatic rings. The zero-order chi connectivity index (χ0) is 11.3. The highest BCUT2D eigenvalue weighted by molar-refractivity contribution is 5.87. The second kappa shape index (κ2) is 5.05. The Morgan fingerprint density at radius 2 is 2.13 bits per heavy atom. The SMILES string of the molecule is COC(=O)/C=C/c1ccc(O)cc1OC. The van der Waals surface area contributed by atoms with Crippen LogP contribution in [-0.4, -0.2) is 25.3 Å². The Bertz CT molecular complexity index is 382. The number of esters is 1. The lowest BCUT2D eigenvalue weighted by molar-refractivity contribution is -0.134. The van der Waals surface area contributed by atoms with Gasteiger partial charge in [0.1, 0.15) is 11.5 Å². The minimum atomic E-state index is -0.440. The highest BCUT2D eigenvalue weighted by Gasteiger charge is 2.01. The third kappa shape index (κ3) is 3.02. The molecule has 1 rings (SSSR count). The molecule has 0 saturated heterocycles. The number of hydrogen-bond acceptors (Lipinski definition) is 4. The molecule has 0 radical (unpaired) electrons. The molecule has 0 atom stereocenters. The molecule has 4 heteroatoms. The van der Waals surface area contributed by atoms with Crippen molar-refractivity contribution in [2.45, 2.75) is 0 Å². The predicted octanol–water partition coefficient (Wildman–Crippen LogP) is 1.59. The van der Waals surface area contributed by atoms with Crippen LogP contribution in [0, 0.1) is 0 Å². The van der Waals surface area contributed by atoms with E-state index in [-0.39, 0.29) is 5.75 Å². The quantitative estimate of drug-likeness (QED) is 0.605. The van der Waals surface area contributed by atoms with Crippen LogP contribution in [0.4, 0.5) is 0 Å². The first kappa shape index (κ1) is 11.1. The maximum Gasteiger partial charge on any atom is 0.330 e. The molecule has 0 bridgehead atoms. The van der Waals surface area contributed by atoms with Gasteiger partial charge in [-0.3, -0.25) is 0 Å². The van der Waals surface area contributed by atoms with Gasteiger partial charge in [-0.1, -0.05) is 0 Å². The molecule has 80 valence electrons. The summed E-state index contributed by atoms with van der Waals surface area (Å²) in [5.74, 6) is 0.169. The second-order valence-electron chi connectivity index (χ2n) is 2.78. The molecule has 0 amide bonds. The van der Waals surface area contributed by atoms with Gasteiger partial charge >= 0.3 is 5.97 Å². The molecule has 0 aliphatic heterocycles. The molecule has 0 spiro atoms. The van der Waals surface area contributed by atoms with Crippen molar-refractivity contribution in [2.24, 2.45) is 0 Å². The normalized spacial score (nSPS) is 10.3. The zero-order valence-corrected chi connectivity index (χ0v) is 8.56. The Hall–Kier alpha value is -1.97. The fourth-order valence-electron chi connectivity index (χ4n) is 1.06. The number of aromatic hydroxyl groups is 1. The van der Waals surface area contributed by atoms with Crippen LogP contribution in [0.1, 0.15) is 5.56 Å². The number of carbonyl (C=O) groups is 1. The summed E-state index contributed by atoms with van der Waals surface area (Å²) in [6, 6.07) is 4.63. The van der Waals surface area contributed by atoms with Crippen molar-refractivity contribution >= 4 is 12.0 Å². The first-order valence-corrected chi connectivity index (χ1v) is 4.30. The first-order valence-electron chi connectivity index (χ1n) is 4.30. The molecule has 0 aromatic heterocycles. The summed E-state index contributed by atoms with van der Waals surface area (Å²) >= 11 is 0. The summed E-state index contributed by atoms with van der Waals surface area (Å²) in [7, 11) is 2.80. The summed E-state index contributed by atoms with van der Waals surface area (Å²) in [5, 5.41) is 9.20. The Labute approximate surface area is 87.7 Å². The average molecular weight is 208 g/mol. The largest absolute Gasteiger partial charge is 0.508 e. The molecule has 0 unspecified atom stereocenters. The maximum atomic E-state index is 10.9. The summed E-state index contributed by atoms with van der Waals surface area (Å²) in [5.41, 5.74) is 0.695. The Morgan fingerprint density at radius 3 is 2.73 bits per heavy atom. The standard InChI is InChI=1S/C11H12O4/c1-14-10-7-9(12)5-3-8(10)4-6-11(13)15-2/h3-7,12H,1-2H3/b6-4+. The topological polar surface area (TPSA) is 55.8 Å². The highest BCUT2D eigenvalue weighted by atomic mass is 16.5. The minimum absolute atomic E-state index is 0.113. The van der Waals surface area contributed by atoms with Crippen molar-refractivity contribution in [1.29, 1.82) is 0 Å². The molecule has 0 saturated carbocycles. The fraction of sp³-hybridized carbons (Fsp3) is 0.182. The molecule has 0 heterocycles. The molecule has 1 N–H and O–H groups in total. The molecule has 1 aromatic carbocycles. The number of methoxy groups -OCH3 is 2. The number of rotatable bonds is 3. The van der Waals surface area contributed by atoms with E-state index in [1.54, 1.807) is 12.1 Å². The average Bonchev–Trinajstić information content (AvgIpc) is 2.26. The van der Waals surface area contributed by atoms with E-state index < -0.39 is 5.97 Å². The Kier molecular flexibility index (Phi) is 3.74. The van der Waals surface area contributed by atoms with Crippen molar-refractivity contribution in [3.8, 4) is 11.5 Å². The van der Waals surface area contributed by atoms with Crippen LogP contribution in [0.5, 0.6) is 11.5 Å². The second-order valence-corrected chi connectivity index (χ2v) is 2.78. The van der Waals surface area contributed by atoms with Crippen LogP contribution in [0.2, 0.25) is 0 Å². The van der Waals surface area contributed by atoms with Crippen LogP contribution in [0.25, 0.3) is 6.08 Å². The van der Waals surface area contributed by atoms with E-state index in [2.05, 4.69) is 4.74 Å². The summed E-state index contributed by atoms with van der Waals surface area (Å²) in [6.45, 7) is 0. The third-order valence-corrected chi connectivity index (χ3v) is 1.82. The molecular weight excluding hydrogens is 196 g/mol. The van der Waals surface area contributed by atoms with Crippen molar-refractivity contribution in [2.75, 3.05) is 14.2 Å². The number of carbonyl (C=O) groups excluding carboxylic acids is 1. The van der Waals surface area contributed by atoms with E-state index in [0.717, 1.165) is 0 Å². The molecule has 15 heavy (non-hydrogen) atoms. The van der Waals surface area contributed by atoms with Gasteiger partial charge in [0.25, 0.3) is 0 Å². The molecule has 0 aliphatic carbocycles. The lowest BCUT2D eigenvalue weighted by Gasteiger charge is -2.04. The number of benzene rings is 1. The van der Waals surface area contributed by atoms with E-state index in [0.29, 0.717) is 11.3 Å². The summed E-state index contributed by atoms with van der Waals surface area (Å²) in [6.07, 6.45) is 2.85. The van der Waals surface area contributed by atoms with Crippen molar-refractivity contribution in [3.05, 3.63) is 29.8 Å². The van der Waals surface area contributed by atoms with Crippen LogP contribution in [-0.2, 0) is 9.53 Å². The number of ether oxygens (including phenoxy) is 2. The number of phenols is 1. The van der Waals surface area contributed by atoms with Gasteiger partial charge in [0.2, 0.25) is 0 Å². The lowest BCUT2D eigenvalue weighted by atomic mass is 10.2. The van der Waals surface area contributed by atoms with E-state index in [1.807, 2.05) is 0 Å². The van der Waals surface area contributed by atoms with E-state index in [4.69, 9.17) is 4.74 Å². The number of phenolic OH excluding ortho intramolecular Hbond substituents is 1. The maximum absolute atomic E-state index is 10.9.